The van der Waals surface area contributed by atoms with Crippen LogP contribution in [-0.4, -0.2) is 38.2 Å². The highest BCUT2D eigenvalue weighted by molar-refractivity contribution is 5.95. The number of aromatic nitrogens is 2. The minimum Gasteiger partial charge on any atom is -0.476 e. The number of hydrogen-bond donors (Lipinski definition) is 1. The molecule has 0 unspecified atom stereocenters. The van der Waals surface area contributed by atoms with E-state index in [1.807, 2.05) is 0 Å². The Morgan fingerprint density at radius 2 is 2.00 bits per heavy atom. The topological polar surface area (TPSA) is 75.4 Å². The lowest BCUT2D eigenvalue weighted by Crippen LogP contribution is -2.30. The number of nitrogens with zero attached hydrogens (tertiary/aromatic N) is 3. The largest absolute Gasteiger partial charge is 0.476 e. The Bertz CT molecular complexity index is 724. The predicted octanol–water partition coefficient (Wildman–Crippen LogP) is 1.77. The van der Waals surface area contributed by atoms with Crippen LogP contribution in [0.2, 0.25) is 0 Å². The first-order chi connectivity index (χ1) is 10.5. The van der Waals surface area contributed by atoms with E-state index in [1.165, 1.54) is 22.9 Å². The van der Waals surface area contributed by atoms with Crippen molar-refractivity contribution in [1.29, 1.82) is 0 Å². The van der Waals surface area contributed by atoms with Gasteiger partial charge in [-0.25, -0.2) is 9.18 Å². The fraction of sp³-hybridized carbons (Fsp3) is 0.267. The molecule has 1 N–H and O–H groups in total. The SMILES string of the molecule is O=C(O)c1cc2n(n1)CCCN(Cc1ccc(F)cc1)C2=O. The van der Waals surface area contributed by atoms with E-state index in [0.717, 1.165) is 5.56 Å². The van der Waals surface area contributed by atoms with Crippen LogP contribution in [0.4, 0.5) is 4.39 Å². The summed E-state index contributed by atoms with van der Waals surface area (Å²) < 4.78 is 14.4. The van der Waals surface area contributed by atoms with Crippen LogP contribution in [0.25, 0.3) is 0 Å². The zero-order chi connectivity index (χ0) is 15.7. The number of hydrogen-bond acceptors (Lipinski definition) is 3. The number of halogens is 1. The predicted molar refractivity (Wildman–Crippen MR) is 74.9 cm³/mol. The van der Waals surface area contributed by atoms with Crippen LogP contribution in [0.15, 0.2) is 30.3 Å². The highest BCUT2D eigenvalue weighted by Gasteiger charge is 2.26. The number of amides is 1. The molecule has 114 valence electrons. The Morgan fingerprint density at radius 1 is 1.27 bits per heavy atom. The van der Waals surface area contributed by atoms with E-state index >= 15 is 0 Å². The first-order valence-corrected chi connectivity index (χ1v) is 6.89. The van der Waals surface area contributed by atoms with Crippen molar-refractivity contribution in [3.8, 4) is 0 Å². The number of aromatic carboxylic acids is 1. The molecule has 1 aliphatic rings. The fourth-order valence-electron chi connectivity index (χ4n) is 2.50. The maximum atomic E-state index is 12.9. The smallest absolute Gasteiger partial charge is 0.356 e. The van der Waals surface area contributed by atoms with E-state index in [4.69, 9.17) is 5.11 Å². The fourth-order valence-corrected chi connectivity index (χ4v) is 2.50. The molecule has 2 aromatic rings. The number of benzene rings is 1. The molecular weight excluding hydrogens is 289 g/mol. The van der Waals surface area contributed by atoms with E-state index in [-0.39, 0.29) is 23.1 Å². The number of carbonyl (C=O) groups excluding carboxylic acids is 1. The maximum absolute atomic E-state index is 12.9. The molecule has 2 heterocycles. The van der Waals surface area contributed by atoms with Gasteiger partial charge in [0.05, 0.1) is 0 Å². The van der Waals surface area contributed by atoms with Gasteiger partial charge in [-0.2, -0.15) is 5.10 Å². The van der Waals surface area contributed by atoms with Gasteiger partial charge in [-0.15, -0.1) is 0 Å². The van der Waals surface area contributed by atoms with E-state index in [2.05, 4.69) is 5.10 Å². The van der Waals surface area contributed by atoms with Crippen molar-refractivity contribution in [2.75, 3.05) is 6.54 Å². The lowest BCUT2D eigenvalue weighted by Gasteiger charge is -2.20. The summed E-state index contributed by atoms with van der Waals surface area (Å²) in [6, 6.07) is 7.27. The molecule has 0 spiro atoms. The highest BCUT2D eigenvalue weighted by atomic mass is 19.1. The summed E-state index contributed by atoms with van der Waals surface area (Å²) in [6.45, 7) is 1.39. The average Bonchev–Trinajstić information content (AvgIpc) is 2.86. The highest BCUT2D eigenvalue weighted by Crippen LogP contribution is 2.17. The minimum absolute atomic E-state index is 0.132. The van der Waals surface area contributed by atoms with Crippen LogP contribution < -0.4 is 0 Å². The molecule has 22 heavy (non-hydrogen) atoms. The van der Waals surface area contributed by atoms with Crippen molar-refractivity contribution in [3.63, 3.8) is 0 Å². The zero-order valence-corrected chi connectivity index (χ0v) is 11.7. The molecule has 0 fully saturated rings. The zero-order valence-electron chi connectivity index (χ0n) is 11.7. The van der Waals surface area contributed by atoms with Crippen LogP contribution in [0.1, 0.15) is 33.0 Å². The summed E-state index contributed by atoms with van der Waals surface area (Å²) >= 11 is 0. The average molecular weight is 303 g/mol. The van der Waals surface area contributed by atoms with Gasteiger partial charge in [0.1, 0.15) is 11.5 Å². The van der Waals surface area contributed by atoms with Crippen molar-refractivity contribution in [2.24, 2.45) is 0 Å². The second-order valence-electron chi connectivity index (χ2n) is 5.15. The van der Waals surface area contributed by atoms with E-state index < -0.39 is 5.97 Å². The van der Waals surface area contributed by atoms with Crippen molar-refractivity contribution in [2.45, 2.75) is 19.5 Å². The van der Waals surface area contributed by atoms with E-state index in [9.17, 15) is 14.0 Å². The lowest BCUT2D eigenvalue weighted by molar-refractivity contribution is 0.0689. The Labute approximate surface area is 125 Å². The summed E-state index contributed by atoms with van der Waals surface area (Å²) in [7, 11) is 0. The second kappa shape index (κ2) is 5.59. The van der Waals surface area contributed by atoms with Gasteiger partial charge in [0.15, 0.2) is 5.69 Å². The number of carbonyl (C=O) groups is 2. The number of rotatable bonds is 3. The molecule has 1 aliphatic heterocycles. The van der Waals surface area contributed by atoms with Gasteiger partial charge in [0.25, 0.3) is 5.91 Å². The molecule has 0 radical (unpaired) electrons. The van der Waals surface area contributed by atoms with Crippen LogP contribution in [-0.2, 0) is 13.1 Å². The first kappa shape index (κ1) is 14.2. The Hall–Kier alpha value is -2.70. The van der Waals surface area contributed by atoms with Crippen LogP contribution in [0.3, 0.4) is 0 Å². The van der Waals surface area contributed by atoms with Crippen LogP contribution >= 0.6 is 0 Å². The van der Waals surface area contributed by atoms with Gasteiger partial charge >= 0.3 is 5.97 Å². The molecule has 1 aromatic heterocycles. The summed E-state index contributed by atoms with van der Waals surface area (Å²) in [6.07, 6.45) is 0.681. The van der Waals surface area contributed by atoms with Crippen molar-refractivity contribution in [3.05, 3.63) is 53.1 Å². The molecule has 3 rings (SSSR count). The molecular formula is C15H14FN3O3. The van der Waals surface area contributed by atoms with E-state index in [0.29, 0.717) is 26.1 Å². The molecule has 0 aliphatic carbocycles. The van der Waals surface area contributed by atoms with Crippen molar-refractivity contribution < 1.29 is 19.1 Å². The Morgan fingerprint density at radius 3 is 2.68 bits per heavy atom. The van der Waals surface area contributed by atoms with Gasteiger partial charge in [-0.05, 0) is 24.1 Å². The van der Waals surface area contributed by atoms with Gasteiger partial charge in [-0.3, -0.25) is 9.48 Å². The quantitative estimate of drug-likeness (QED) is 0.937. The monoisotopic (exact) mass is 303 g/mol. The minimum atomic E-state index is -1.15. The number of aryl methyl sites for hydroxylation is 1. The molecule has 0 saturated carbocycles. The molecule has 6 nitrogen and oxygen atoms in total. The molecule has 1 amide bonds. The standard InChI is InChI=1S/C15H14FN3O3/c16-11-4-2-10(3-5-11)9-18-6-1-7-19-13(14(18)20)8-12(17-19)15(21)22/h2-5,8H,1,6-7,9H2,(H,21,22). The third-order valence-electron chi connectivity index (χ3n) is 3.59. The van der Waals surface area contributed by atoms with Crippen molar-refractivity contribution in [1.82, 2.24) is 14.7 Å². The maximum Gasteiger partial charge on any atom is 0.356 e. The molecule has 0 saturated heterocycles. The normalized spacial score (nSPS) is 14.6. The summed E-state index contributed by atoms with van der Waals surface area (Å²) in [5, 5.41) is 12.9. The van der Waals surface area contributed by atoms with Gasteiger partial charge in [-0.1, -0.05) is 12.1 Å². The summed E-state index contributed by atoms with van der Waals surface area (Å²) in [5.41, 5.74) is 0.963. The molecule has 0 atom stereocenters. The number of carboxylic acid groups (broad SMARTS) is 1. The van der Waals surface area contributed by atoms with Gasteiger partial charge in [0, 0.05) is 25.7 Å². The van der Waals surface area contributed by atoms with Crippen LogP contribution in [0, 0.1) is 5.82 Å². The molecule has 1 aromatic carbocycles. The first-order valence-electron chi connectivity index (χ1n) is 6.89. The van der Waals surface area contributed by atoms with Gasteiger partial charge in [0.2, 0.25) is 0 Å². The van der Waals surface area contributed by atoms with Crippen molar-refractivity contribution >= 4 is 11.9 Å². The number of fused-ring (bicyclic) bond motifs is 1. The summed E-state index contributed by atoms with van der Waals surface area (Å²) in [5.74, 6) is -1.74. The molecule has 7 heteroatoms. The van der Waals surface area contributed by atoms with Gasteiger partial charge < -0.3 is 10.0 Å². The third kappa shape index (κ3) is 2.69. The lowest BCUT2D eigenvalue weighted by atomic mass is 10.2. The molecule has 0 bridgehead atoms. The van der Waals surface area contributed by atoms with Crippen LogP contribution in [0.5, 0.6) is 0 Å². The van der Waals surface area contributed by atoms with E-state index in [1.54, 1.807) is 17.0 Å². The second-order valence-corrected chi connectivity index (χ2v) is 5.15. The third-order valence-corrected chi connectivity index (χ3v) is 3.59. The Balaban J connectivity index is 1.85. The summed E-state index contributed by atoms with van der Waals surface area (Å²) in [4.78, 5) is 25.1. The number of carboxylic acids is 1. The Kier molecular flexibility index (Phi) is 3.62.